The smallest absolute Gasteiger partial charge is 0.355 e. The van der Waals surface area contributed by atoms with E-state index in [0.29, 0.717) is 0 Å². The Morgan fingerprint density at radius 2 is 1.58 bits per heavy atom. The van der Waals surface area contributed by atoms with Gasteiger partial charge in [0.1, 0.15) is 11.1 Å². The number of nitrogens with zero attached hydrogens (tertiary/aromatic N) is 1. The zero-order chi connectivity index (χ0) is 18.1. The highest BCUT2D eigenvalue weighted by molar-refractivity contribution is 8.15. The summed E-state index contributed by atoms with van der Waals surface area (Å²) in [5.41, 5.74) is 1.82. The third-order valence-corrected chi connectivity index (χ3v) is 5.41. The first-order valence-corrected chi connectivity index (χ1v) is 9.04. The number of benzene rings is 2. The number of carbonyl (C=O) groups is 3. The van der Waals surface area contributed by atoms with Gasteiger partial charge in [-0.25, -0.2) is 4.79 Å². The summed E-state index contributed by atoms with van der Waals surface area (Å²) in [6.45, 7) is 0.132. The maximum absolute atomic E-state index is 12.8. The summed E-state index contributed by atoms with van der Waals surface area (Å²) in [5.74, 6) is -0.654. The average molecular weight is 365 g/mol. The SMILES string of the molecule is O=C1C=C(C(=O)OC(c2ccccc2)c2ccccc2)N2CC(=O)C2S1. The van der Waals surface area contributed by atoms with Crippen LogP contribution in [-0.4, -0.2) is 33.7 Å². The van der Waals surface area contributed by atoms with Crippen LogP contribution >= 0.6 is 11.8 Å². The molecule has 1 atom stereocenters. The lowest BCUT2D eigenvalue weighted by atomic mass is 10.0. The largest absolute Gasteiger partial charge is 0.448 e. The van der Waals surface area contributed by atoms with Crippen LogP contribution in [0.5, 0.6) is 0 Å². The Morgan fingerprint density at radius 1 is 1.00 bits per heavy atom. The van der Waals surface area contributed by atoms with Crippen LogP contribution in [-0.2, 0) is 19.1 Å². The van der Waals surface area contributed by atoms with Crippen molar-refractivity contribution in [2.24, 2.45) is 0 Å². The van der Waals surface area contributed by atoms with Gasteiger partial charge in [0.2, 0.25) is 5.12 Å². The molecule has 2 aromatic rings. The molecule has 0 N–H and O–H groups in total. The Labute approximate surface area is 154 Å². The number of rotatable bonds is 4. The summed E-state index contributed by atoms with van der Waals surface area (Å²) < 4.78 is 5.78. The first-order valence-electron chi connectivity index (χ1n) is 8.16. The summed E-state index contributed by atoms with van der Waals surface area (Å²) in [5, 5.41) is -0.899. The number of hydrogen-bond acceptors (Lipinski definition) is 6. The van der Waals surface area contributed by atoms with E-state index in [4.69, 9.17) is 4.74 Å². The summed E-state index contributed by atoms with van der Waals surface area (Å²) >= 11 is 0.930. The number of esters is 1. The van der Waals surface area contributed by atoms with E-state index in [2.05, 4.69) is 0 Å². The van der Waals surface area contributed by atoms with Gasteiger partial charge in [0.05, 0.1) is 6.54 Å². The van der Waals surface area contributed by atoms with Crippen LogP contribution in [0.1, 0.15) is 17.2 Å². The summed E-state index contributed by atoms with van der Waals surface area (Å²) in [6, 6.07) is 18.8. The molecule has 0 bridgehead atoms. The Morgan fingerprint density at radius 3 is 2.12 bits per heavy atom. The van der Waals surface area contributed by atoms with Gasteiger partial charge in [-0.2, -0.15) is 0 Å². The van der Waals surface area contributed by atoms with Gasteiger partial charge in [-0.05, 0) is 11.1 Å². The van der Waals surface area contributed by atoms with E-state index in [1.165, 1.54) is 6.08 Å². The van der Waals surface area contributed by atoms with Crippen molar-refractivity contribution in [2.45, 2.75) is 11.5 Å². The number of ether oxygens (including phenoxy) is 1. The fourth-order valence-electron chi connectivity index (χ4n) is 3.00. The normalized spacial score (nSPS) is 18.9. The van der Waals surface area contributed by atoms with Crippen molar-refractivity contribution in [3.63, 3.8) is 0 Å². The molecule has 2 aliphatic heterocycles. The van der Waals surface area contributed by atoms with E-state index in [-0.39, 0.29) is 23.1 Å². The van der Waals surface area contributed by atoms with Crippen molar-refractivity contribution < 1.29 is 19.1 Å². The van der Waals surface area contributed by atoms with Crippen molar-refractivity contribution >= 4 is 28.6 Å². The monoisotopic (exact) mass is 365 g/mol. The number of thioether (sulfide) groups is 1. The van der Waals surface area contributed by atoms with Crippen molar-refractivity contribution in [3.05, 3.63) is 83.6 Å². The standard InChI is InChI=1S/C20H15NO4S/c22-16-12-21-15(11-17(23)26-19(16)21)20(24)25-18(13-7-3-1-4-8-13)14-9-5-2-6-10-14/h1-11,18-19H,12H2. The van der Waals surface area contributed by atoms with Crippen LogP contribution in [0.15, 0.2) is 72.4 Å². The molecule has 0 amide bonds. The predicted molar refractivity (Wildman–Crippen MR) is 97.0 cm³/mol. The van der Waals surface area contributed by atoms with Gasteiger partial charge in [0.15, 0.2) is 11.9 Å². The van der Waals surface area contributed by atoms with E-state index in [0.717, 1.165) is 22.9 Å². The zero-order valence-electron chi connectivity index (χ0n) is 13.7. The second-order valence-corrected chi connectivity index (χ2v) is 7.10. The van der Waals surface area contributed by atoms with Gasteiger partial charge in [0, 0.05) is 6.08 Å². The minimum absolute atomic E-state index is 0.0515. The molecule has 130 valence electrons. The van der Waals surface area contributed by atoms with Gasteiger partial charge in [-0.15, -0.1) is 0 Å². The Hall–Kier alpha value is -2.86. The molecule has 0 aromatic heterocycles. The minimum Gasteiger partial charge on any atom is -0.448 e. The molecule has 26 heavy (non-hydrogen) atoms. The van der Waals surface area contributed by atoms with Gasteiger partial charge in [-0.1, -0.05) is 72.4 Å². The van der Waals surface area contributed by atoms with E-state index in [1.807, 2.05) is 60.7 Å². The van der Waals surface area contributed by atoms with Gasteiger partial charge in [0.25, 0.3) is 0 Å². The molecular weight excluding hydrogens is 350 g/mol. The Balaban J connectivity index is 1.63. The Bertz CT molecular complexity index is 855. The highest BCUT2D eigenvalue weighted by atomic mass is 32.2. The third kappa shape index (κ3) is 3.04. The molecule has 6 heteroatoms. The molecule has 2 aliphatic rings. The lowest BCUT2D eigenvalue weighted by molar-refractivity contribution is -0.147. The van der Waals surface area contributed by atoms with Gasteiger partial charge >= 0.3 is 5.97 Å². The highest BCUT2D eigenvalue weighted by Gasteiger charge is 2.46. The first-order chi connectivity index (χ1) is 12.6. The first kappa shape index (κ1) is 16.6. The number of Topliss-reactive ketones (excluding diaryl/α,β-unsaturated/α-hetero) is 1. The average Bonchev–Trinajstić information content (AvgIpc) is 2.68. The third-order valence-electron chi connectivity index (χ3n) is 4.32. The second-order valence-electron chi connectivity index (χ2n) is 6.02. The summed E-state index contributed by atoms with van der Waals surface area (Å²) in [6.07, 6.45) is 0.661. The number of ketones is 1. The van der Waals surface area contributed by atoms with Crippen molar-refractivity contribution in [1.29, 1.82) is 0 Å². The molecular formula is C20H15NO4S. The molecule has 2 aromatic carbocycles. The van der Waals surface area contributed by atoms with Gasteiger partial charge < -0.3 is 9.64 Å². The van der Waals surface area contributed by atoms with Crippen molar-refractivity contribution in [1.82, 2.24) is 4.90 Å². The van der Waals surface area contributed by atoms with Crippen molar-refractivity contribution in [3.8, 4) is 0 Å². The minimum atomic E-state index is -0.603. The van der Waals surface area contributed by atoms with Crippen LogP contribution < -0.4 is 0 Å². The topological polar surface area (TPSA) is 63.7 Å². The van der Waals surface area contributed by atoms with Crippen LogP contribution in [0, 0.1) is 0 Å². The summed E-state index contributed by atoms with van der Waals surface area (Å²) in [4.78, 5) is 37.9. The number of fused-ring (bicyclic) bond motifs is 1. The molecule has 1 fully saturated rings. The second kappa shape index (κ2) is 6.80. The lowest BCUT2D eigenvalue weighted by Gasteiger charge is -2.42. The zero-order valence-corrected chi connectivity index (χ0v) is 14.5. The molecule has 4 rings (SSSR count). The highest BCUT2D eigenvalue weighted by Crippen LogP contribution is 2.36. The number of carbonyl (C=O) groups excluding carboxylic acids is 3. The molecule has 0 saturated carbocycles. The predicted octanol–water partition coefficient (Wildman–Crippen LogP) is 2.69. The molecule has 0 aliphatic carbocycles. The van der Waals surface area contributed by atoms with Crippen LogP contribution in [0.3, 0.4) is 0 Å². The van der Waals surface area contributed by atoms with E-state index in [9.17, 15) is 14.4 Å². The van der Waals surface area contributed by atoms with Crippen LogP contribution in [0.25, 0.3) is 0 Å². The maximum atomic E-state index is 12.8. The van der Waals surface area contributed by atoms with Crippen LogP contribution in [0.4, 0.5) is 0 Å². The van der Waals surface area contributed by atoms with E-state index < -0.39 is 17.4 Å². The summed E-state index contributed by atoms with van der Waals surface area (Å²) in [7, 11) is 0. The molecule has 1 saturated heterocycles. The number of hydrogen-bond donors (Lipinski definition) is 0. The Kier molecular flexibility index (Phi) is 4.34. The fourth-order valence-corrected chi connectivity index (χ4v) is 3.92. The molecule has 5 nitrogen and oxygen atoms in total. The van der Waals surface area contributed by atoms with E-state index >= 15 is 0 Å². The molecule has 0 spiro atoms. The molecule has 1 unspecified atom stereocenters. The molecule has 2 heterocycles. The lowest BCUT2D eigenvalue weighted by Crippen LogP contribution is -2.57. The molecule has 0 radical (unpaired) electrons. The van der Waals surface area contributed by atoms with E-state index in [1.54, 1.807) is 4.90 Å². The fraction of sp³-hybridized carbons (Fsp3) is 0.150. The maximum Gasteiger partial charge on any atom is 0.355 e. The van der Waals surface area contributed by atoms with Crippen LogP contribution in [0.2, 0.25) is 0 Å². The quantitative estimate of drug-likeness (QED) is 0.777. The van der Waals surface area contributed by atoms with Crippen molar-refractivity contribution in [2.75, 3.05) is 6.54 Å². The van der Waals surface area contributed by atoms with Gasteiger partial charge in [-0.3, -0.25) is 9.59 Å².